The second-order valence-electron chi connectivity index (χ2n) is 2.61. The highest BCUT2D eigenvalue weighted by atomic mass is 16.6. The van der Waals surface area contributed by atoms with E-state index in [-0.39, 0.29) is 11.3 Å². The molecule has 0 radical (unpaired) electrons. The molecule has 0 aliphatic rings. The van der Waals surface area contributed by atoms with Gasteiger partial charge in [0, 0.05) is 12.1 Å². The first kappa shape index (κ1) is 10.4. The molecule has 0 unspecified atom stereocenters. The lowest BCUT2D eigenvalue weighted by Crippen LogP contribution is -1.92. The standard InChI is InChI=1S/C10H5N3O2/c11-5-1-2-8-3-4-9(7-12)10(6-8)13(14)15/h1-4,6H. The molecule has 0 fully saturated rings. The molecule has 1 aromatic rings. The van der Waals surface area contributed by atoms with Gasteiger partial charge >= 0.3 is 0 Å². The first-order valence-electron chi connectivity index (χ1n) is 3.93. The van der Waals surface area contributed by atoms with Gasteiger partial charge in [0.15, 0.2) is 0 Å². The van der Waals surface area contributed by atoms with Crippen molar-refractivity contribution in [1.82, 2.24) is 0 Å². The van der Waals surface area contributed by atoms with Crippen LogP contribution in [0.3, 0.4) is 0 Å². The summed E-state index contributed by atoms with van der Waals surface area (Å²) in [5, 5.41) is 27.5. The van der Waals surface area contributed by atoms with Crippen LogP contribution in [0.25, 0.3) is 6.08 Å². The number of benzene rings is 1. The highest BCUT2D eigenvalue weighted by Gasteiger charge is 2.12. The van der Waals surface area contributed by atoms with E-state index < -0.39 is 4.92 Å². The maximum Gasteiger partial charge on any atom is 0.287 e. The Labute approximate surface area is 85.6 Å². The quantitative estimate of drug-likeness (QED) is 0.413. The summed E-state index contributed by atoms with van der Waals surface area (Å²) in [6, 6.07) is 7.66. The summed E-state index contributed by atoms with van der Waals surface area (Å²) in [6.07, 6.45) is 2.65. The number of allylic oxidation sites excluding steroid dienone is 1. The van der Waals surface area contributed by atoms with Gasteiger partial charge in [0.1, 0.15) is 11.6 Å². The number of nitriles is 2. The SMILES string of the molecule is N#CC=Cc1ccc(C#N)c([N+](=O)[O-])c1. The van der Waals surface area contributed by atoms with Crippen molar-refractivity contribution in [3.8, 4) is 12.1 Å². The predicted octanol–water partition coefficient (Wildman–Crippen LogP) is 2.00. The smallest absolute Gasteiger partial charge is 0.258 e. The predicted molar refractivity (Wildman–Crippen MR) is 52.5 cm³/mol. The minimum absolute atomic E-state index is 0.00843. The Morgan fingerprint density at radius 3 is 2.67 bits per heavy atom. The van der Waals surface area contributed by atoms with Crippen LogP contribution in [0.15, 0.2) is 24.3 Å². The van der Waals surface area contributed by atoms with Gasteiger partial charge in [0.25, 0.3) is 5.69 Å². The van der Waals surface area contributed by atoms with E-state index in [4.69, 9.17) is 10.5 Å². The van der Waals surface area contributed by atoms with Crippen molar-refractivity contribution in [3.05, 3.63) is 45.5 Å². The second-order valence-corrected chi connectivity index (χ2v) is 2.61. The number of hydrogen-bond acceptors (Lipinski definition) is 4. The lowest BCUT2D eigenvalue weighted by molar-refractivity contribution is -0.385. The monoisotopic (exact) mass is 199 g/mol. The lowest BCUT2D eigenvalue weighted by Gasteiger charge is -1.95. The Balaban J connectivity index is 3.25. The van der Waals surface area contributed by atoms with E-state index >= 15 is 0 Å². The Bertz CT molecular complexity index is 506. The van der Waals surface area contributed by atoms with E-state index in [1.54, 1.807) is 18.2 Å². The van der Waals surface area contributed by atoms with Gasteiger partial charge in [-0.05, 0) is 17.7 Å². The molecule has 1 rings (SSSR count). The minimum Gasteiger partial charge on any atom is -0.258 e. The average Bonchev–Trinajstić information content (AvgIpc) is 2.25. The van der Waals surface area contributed by atoms with Gasteiger partial charge in [0.2, 0.25) is 0 Å². The molecule has 0 spiro atoms. The van der Waals surface area contributed by atoms with E-state index in [9.17, 15) is 10.1 Å². The molecule has 0 bridgehead atoms. The van der Waals surface area contributed by atoms with Crippen molar-refractivity contribution < 1.29 is 4.92 Å². The normalized spacial score (nSPS) is 9.47. The molecule has 0 heterocycles. The zero-order valence-electron chi connectivity index (χ0n) is 7.54. The summed E-state index contributed by atoms with van der Waals surface area (Å²) in [6.45, 7) is 0. The van der Waals surface area contributed by atoms with Crippen LogP contribution in [-0.4, -0.2) is 4.92 Å². The number of nitro groups is 1. The highest BCUT2D eigenvalue weighted by molar-refractivity contribution is 5.60. The second kappa shape index (κ2) is 4.54. The molecule has 0 N–H and O–H groups in total. The molecule has 0 aliphatic heterocycles. The molecule has 1 aromatic carbocycles. The minimum atomic E-state index is -0.623. The van der Waals surface area contributed by atoms with Crippen LogP contribution < -0.4 is 0 Å². The van der Waals surface area contributed by atoms with Gasteiger partial charge in [-0.1, -0.05) is 6.07 Å². The maximum absolute atomic E-state index is 10.6. The van der Waals surface area contributed by atoms with Crippen molar-refractivity contribution in [3.63, 3.8) is 0 Å². The van der Waals surface area contributed by atoms with Crippen LogP contribution in [0.5, 0.6) is 0 Å². The van der Waals surface area contributed by atoms with Crippen LogP contribution in [0.1, 0.15) is 11.1 Å². The van der Waals surface area contributed by atoms with E-state index in [0.717, 1.165) is 0 Å². The first-order valence-corrected chi connectivity index (χ1v) is 3.93. The van der Waals surface area contributed by atoms with Gasteiger partial charge in [0.05, 0.1) is 11.0 Å². The van der Waals surface area contributed by atoms with Gasteiger partial charge in [-0.3, -0.25) is 10.1 Å². The van der Waals surface area contributed by atoms with Gasteiger partial charge in [-0.25, -0.2) is 0 Å². The Morgan fingerprint density at radius 2 is 2.13 bits per heavy atom. The Kier molecular flexibility index (Phi) is 3.15. The van der Waals surface area contributed by atoms with E-state index in [1.165, 1.54) is 24.3 Å². The topological polar surface area (TPSA) is 90.7 Å². The van der Waals surface area contributed by atoms with Crippen LogP contribution in [0, 0.1) is 32.8 Å². The molecule has 0 amide bonds. The third-order valence-electron chi connectivity index (χ3n) is 1.69. The summed E-state index contributed by atoms with van der Waals surface area (Å²) in [5.74, 6) is 0. The highest BCUT2D eigenvalue weighted by Crippen LogP contribution is 2.20. The zero-order chi connectivity index (χ0) is 11.3. The van der Waals surface area contributed by atoms with Crippen molar-refractivity contribution in [2.45, 2.75) is 0 Å². The Morgan fingerprint density at radius 1 is 1.40 bits per heavy atom. The summed E-state index contributed by atoms with van der Waals surface area (Å²) < 4.78 is 0. The summed E-state index contributed by atoms with van der Waals surface area (Å²) >= 11 is 0. The Hall–Kier alpha value is -2.66. The molecule has 15 heavy (non-hydrogen) atoms. The van der Waals surface area contributed by atoms with Crippen LogP contribution in [-0.2, 0) is 0 Å². The van der Waals surface area contributed by atoms with Crippen molar-refractivity contribution >= 4 is 11.8 Å². The summed E-state index contributed by atoms with van der Waals surface area (Å²) in [4.78, 5) is 9.95. The molecule has 0 atom stereocenters. The van der Waals surface area contributed by atoms with Crippen molar-refractivity contribution in [1.29, 1.82) is 10.5 Å². The fraction of sp³-hybridized carbons (Fsp3) is 0. The molecule has 0 saturated heterocycles. The molecule has 0 saturated carbocycles. The summed E-state index contributed by atoms with van der Waals surface area (Å²) in [7, 11) is 0. The zero-order valence-corrected chi connectivity index (χ0v) is 7.54. The van der Waals surface area contributed by atoms with Gasteiger partial charge < -0.3 is 0 Å². The lowest BCUT2D eigenvalue weighted by atomic mass is 10.1. The van der Waals surface area contributed by atoms with Crippen molar-refractivity contribution in [2.24, 2.45) is 0 Å². The fourth-order valence-electron chi connectivity index (χ4n) is 1.03. The summed E-state index contributed by atoms with van der Waals surface area (Å²) in [5.41, 5.74) is 0.272. The molecule has 5 nitrogen and oxygen atoms in total. The van der Waals surface area contributed by atoms with E-state index in [0.29, 0.717) is 5.56 Å². The largest absolute Gasteiger partial charge is 0.287 e. The third kappa shape index (κ3) is 2.39. The number of hydrogen-bond donors (Lipinski definition) is 0. The van der Waals surface area contributed by atoms with Gasteiger partial charge in [-0.2, -0.15) is 10.5 Å². The third-order valence-corrected chi connectivity index (χ3v) is 1.69. The van der Waals surface area contributed by atoms with Crippen LogP contribution in [0.2, 0.25) is 0 Å². The number of rotatable bonds is 2. The van der Waals surface area contributed by atoms with Gasteiger partial charge in [-0.15, -0.1) is 0 Å². The van der Waals surface area contributed by atoms with E-state index in [2.05, 4.69) is 0 Å². The molecule has 5 heteroatoms. The molecular weight excluding hydrogens is 194 g/mol. The molecule has 72 valence electrons. The number of nitrogens with zero attached hydrogens (tertiary/aromatic N) is 3. The molecule has 0 aromatic heterocycles. The maximum atomic E-state index is 10.6. The molecule has 0 aliphatic carbocycles. The molecular formula is C10H5N3O2. The number of nitro benzene ring substituents is 1. The van der Waals surface area contributed by atoms with Crippen LogP contribution in [0.4, 0.5) is 5.69 Å². The first-order chi connectivity index (χ1) is 7.19. The fourth-order valence-corrected chi connectivity index (χ4v) is 1.03. The average molecular weight is 199 g/mol. The van der Waals surface area contributed by atoms with Crippen LogP contribution >= 0.6 is 0 Å². The van der Waals surface area contributed by atoms with E-state index in [1.807, 2.05) is 0 Å². The van der Waals surface area contributed by atoms with Crippen molar-refractivity contribution in [2.75, 3.05) is 0 Å².